The second-order valence-corrected chi connectivity index (χ2v) is 7.98. The predicted molar refractivity (Wildman–Crippen MR) is 128 cm³/mol. The number of nitrogens with one attached hydrogen (secondary N) is 1. The van der Waals surface area contributed by atoms with Crippen LogP contribution in [0.15, 0.2) is 83.5 Å². The normalized spacial score (nSPS) is 13.5. The lowest BCUT2D eigenvalue weighted by Gasteiger charge is -2.18. The molecule has 0 atom stereocenters. The molecule has 0 aromatic heterocycles. The van der Waals surface area contributed by atoms with E-state index in [0.717, 1.165) is 10.5 Å². The molecule has 0 spiro atoms. The summed E-state index contributed by atoms with van der Waals surface area (Å²) in [7, 11) is 0. The SMILES string of the molecule is CCc1ccccc1N1C(=O)C(Cl)=C(Nc2ccc(C(=O)Oc3cccc(Cl)c3)cc2)C1=O. The summed E-state index contributed by atoms with van der Waals surface area (Å²) in [5.74, 6) is -1.37. The number of amides is 2. The van der Waals surface area contributed by atoms with Gasteiger partial charge in [0, 0.05) is 10.7 Å². The fraction of sp³-hybridized carbons (Fsp3) is 0.0800. The van der Waals surface area contributed by atoms with Gasteiger partial charge in [0.1, 0.15) is 16.5 Å². The van der Waals surface area contributed by atoms with Gasteiger partial charge in [-0.1, -0.05) is 54.4 Å². The third kappa shape index (κ3) is 4.62. The molecule has 0 bridgehead atoms. The van der Waals surface area contributed by atoms with Gasteiger partial charge in [-0.2, -0.15) is 0 Å². The van der Waals surface area contributed by atoms with Gasteiger partial charge in [0.2, 0.25) is 0 Å². The zero-order valence-electron chi connectivity index (χ0n) is 17.5. The first-order chi connectivity index (χ1) is 15.9. The van der Waals surface area contributed by atoms with E-state index in [0.29, 0.717) is 34.1 Å². The molecule has 0 unspecified atom stereocenters. The highest BCUT2D eigenvalue weighted by Gasteiger charge is 2.39. The fourth-order valence-electron chi connectivity index (χ4n) is 3.39. The van der Waals surface area contributed by atoms with Crippen LogP contribution < -0.4 is 15.0 Å². The molecule has 0 saturated heterocycles. The van der Waals surface area contributed by atoms with E-state index in [1.165, 1.54) is 18.2 Å². The molecule has 2 amide bonds. The zero-order valence-corrected chi connectivity index (χ0v) is 19.0. The Morgan fingerprint density at radius 3 is 2.36 bits per heavy atom. The Morgan fingerprint density at radius 2 is 1.67 bits per heavy atom. The van der Waals surface area contributed by atoms with Gasteiger partial charge in [-0.3, -0.25) is 9.59 Å². The van der Waals surface area contributed by atoms with Crippen LogP contribution in [0.1, 0.15) is 22.8 Å². The van der Waals surface area contributed by atoms with Gasteiger partial charge in [0.15, 0.2) is 0 Å². The highest BCUT2D eigenvalue weighted by atomic mass is 35.5. The molecule has 0 aliphatic carbocycles. The van der Waals surface area contributed by atoms with Crippen molar-refractivity contribution in [1.29, 1.82) is 0 Å². The molecule has 3 aromatic rings. The third-order valence-corrected chi connectivity index (χ3v) is 5.62. The molecular weight excluding hydrogens is 463 g/mol. The number of carbonyl (C=O) groups excluding carboxylic acids is 3. The first-order valence-corrected chi connectivity index (χ1v) is 10.9. The minimum atomic E-state index is -0.591. The van der Waals surface area contributed by atoms with E-state index < -0.39 is 17.8 Å². The predicted octanol–water partition coefficient (Wildman–Crippen LogP) is 5.56. The maximum atomic E-state index is 13.0. The molecule has 1 aliphatic rings. The van der Waals surface area contributed by atoms with Gasteiger partial charge in [-0.25, -0.2) is 9.69 Å². The average Bonchev–Trinajstić information content (AvgIpc) is 3.02. The Balaban J connectivity index is 1.50. The number of para-hydroxylation sites is 1. The topological polar surface area (TPSA) is 75.7 Å². The Kier molecular flexibility index (Phi) is 6.49. The summed E-state index contributed by atoms with van der Waals surface area (Å²) in [6.07, 6.45) is 0.653. The Bertz CT molecular complexity index is 1290. The number of hydrogen-bond acceptors (Lipinski definition) is 5. The van der Waals surface area contributed by atoms with E-state index in [2.05, 4.69) is 5.32 Å². The Hall–Kier alpha value is -3.61. The van der Waals surface area contributed by atoms with Crippen LogP contribution in [0.3, 0.4) is 0 Å². The van der Waals surface area contributed by atoms with Crippen molar-refractivity contribution < 1.29 is 19.1 Å². The van der Waals surface area contributed by atoms with Gasteiger partial charge in [0.25, 0.3) is 11.8 Å². The van der Waals surface area contributed by atoms with E-state index in [1.807, 2.05) is 19.1 Å². The minimum absolute atomic E-state index is 0.0261. The van der Waals surface area contributed by atoms with Gasteiger partial charge in [-0.15, -0.1) is 0 Å². The van der Waals surface area contributed by atoms with Crippen molar-refractivity contribution >= 4 is 52.4 Å². The quantitative estimate of drug-likeness (QED) is 0.284. The molecule has 1 N–H and O–H groups in total. The summed E-state index contributed by atoms with van der Waals surface area (Å²) >= 11 is 12.1. The number of rotatable bonds is 6. The number of anilines is 2. The maximum Gasteiger partial charge on any atom is 0.343 e. The smallest absolute Gasteiger partial charge is 0.343 e. The van der Waals surface area contributed by atoms with Crippen LogP contribution in [0.4, 0.5) is 11.4 Å². The minimum Gasteiger partial charge on any atom is -0.423 e. The molecule has 0 saturated carbocycles. The van der Waals surface area contributed by atoms with E-state index in [9.17, 15) is 14.4 Å². The molecule has 6 nitrogen and oxygen atoms in total. The van der Waals surface area contributed by atoms with E-state index in [-0.39, 0.29) is 10.7 Å². The van der Waals surface area contributed by atoms with Crippen molar-refractivity contribution in [3.8, 4) is 5.75 Å². The van der Waals surface area contributed by atoms with Crippen molar-refractivity contribution in [3.63, 3.8) is 0 Å². The molecule has 3 aromatic carbocycles. The van der Waals surface area contributed by atoms with Gasteiger partial charge in [-0.05, 0) is 60.5 Å². The summed E-state index contributed by atoms with van der Waals surface area (Å²) in [5.41, 5.74) is 2.11. The number of esters is 1. The molecule has 33 heavy (non-hydrogen) atoms. The first kappa shape index (κ1) is 22.6. The molecule has 1 heterocycles. The van der Waals surface area contributed by atoms with Crippen molar-refractivity contribution in [2.75, 3.05) is 10.2 Å². The third-order valence-electron chi connectivity index (χ3n) is 5.04. The highest BCUT2D eigenvalue weighted by Crippen LogP contribution is 2.32. The second kappa shape index (κ2) is 9.48. The van der Waals surface area contributed by atoms with E-state index in [4.69, 9.17) is 27.9 Å². The zero-order chi connectivity index (χ0) is 23.5. The Labute approximate surface area is 200 Å². The summed E-state index contributed by atoms with van der Waals surface area (Å²) in [5, 5.41) is 3.15. The lowest BCUT2D eigenvalue weighted by atomic mass is 10.1. The highest BCUT2D eigenvalue weighted by molar-refractivity contribution is 6.53. The summed E-state index contributed by atoms with van der Waals surface area (Å²) in [6, 6.07) is 19.9. The number of ether oxygens (including phenoxy) is 1. The summed E-state index contributed by atoms with van der Waals surface area (Å²) in [4.78, 5) is 39.2. The summed E-state index contributed by atoms with van der Waals surface area (Å²) < 4.78 is 5.31. The van der Waals surface area contributed by atoms with Crippen molar-refractivity contribution in [3.05, 3.63) is 99.7 Å². The van der Waals surface area contributed by atoms with Crippen LogP contribution in [0, 0.1) is 0 Å². The Morgan fingerprint density at radius 1 is 0.939 bits per heavy atom. The standard InChI is InChI=1S/C25H18Cl2N2O4/c1-2-15-6-3-4-9-20(15)29-23(30)21(27)22(24(29)31)28-18-12-10-16(11-13-18)25(32)33-19-8-5-7-17(26)14-19/h3-14,28H,2H2,1H3. The molecule has 8 heteroatoms. The molecule has 0 radical (unpaired) electrons. The van der Waals surface area contributed by atoms with Crippen molar-refractivity contribution in [1.82, 2.24) is 0 Å². The molecule has 4 rings (SSSR count). The number of carbonyl (C=O) groups is 3. The van der Waals surface area contributed by atoms with Gasteiger partial charge < -0.3 is 10.1 Å². The van der Waals surface area contributed by atoms with E-state index >= 15 is 0 Å². The van der Waals surface area contributed by atoms with Crippen LogP contribution in [-0.2, 0) is 16.0 Å². The van der Waals surface area contributed by atoms with Crippen LogP contribution >= 0.6 is 23.2 Å². The number of nitrogens with zero attached hydrogens (tertiary/aromatic N) is 1. The first-order valence-electron chi connectivity index (χ1n) is 10.1. The van der Waals surface area contributed by atoms with Crippen molar-refractivity contribution in [2.45, 2.75) is 13.3 Å². The molecular formula is C25H18Cl2N2O4. The lowest BCUT2D eigenvalue weighted by Crippen LogP contribution is -2.33. The maximum absolute atomic E-state index is 13.0. The molecule has 0 fully saturated rings. The fourth-order valence-corrected chi connectivity index (χ4v) is 3.78. The van der Waals surface area contributed by atoms with Crippen LogP contribution in [0.5, 0.6) is 5.75 Å². The number of hydrogen-bond donors (Lipinski definition) is 1. The number of imide groups is 1. The summed E-state index contributed by atoms with van der Waals surface area (Å²) in [6.45, 7) is 1.94. The number of aryl methyl sites for hydroxylation is 1. The second-order valence-electron chi connectivity index (χ2n) is 7.17. The van der Waals surface area contributed by atoms with Crippen LogP contribution in [0.2, 0.25) is 5.02 Å². The van der Waals surface area contributed by atoms with Crippen molar-refractivity contribution in [2.24, 2.45) is 0 Å². The number of benzene rings is 3. The molecule has 166 valence electrons. The number of halogens is 2. The monoisotopic (exact) mass is 480 g/mol. The molecule has 1 aliphatic heterocycles. The van der Waals surface area contributed by atoms with Gasteiger partial charge in [0.05, 0.1) is 11.3 Å². The largest absolute Gasteiger partial charge is 0.423 e. The average molecular weight is 481 g/mol. The van der Waals surface area contributed by atoms with Crippen LogP contribution in [-0.4, -0.2) is 17.8 Å². The van der Waals surface area contributed by atoms with Gasteiger partial charge >= 0.3 is 5.97 Å². The van der Waals surface area contributed by atoms with E-state index in [1.54, 1.807) is 42.5 Å². The van der Waals surface area contributed by atoms with Crippen LogP contribution in [0.25, 0.3) is 0 Å². The lowest BCUT2D eigenvalue weighted by molar-refractivity contribution is -0.120.